The number of rotatable bonds is 7. The van der Waals surface area contributed by atoms with Gasteiger partial charge in [0.05, 0.1) is 12.6 Å². The van der Waals surface area contributed by atoms with Crippen LogP contribution >= 0.6 is 0 Å². The minimum Gasteiger partial charge on any atom is -0.370 e. The number of nitrogens with one attached hydrogen (secondary N) is 1. The van der Waals surface area contributed by atoms with Gasteiger partial charge in [-0.3, -0.25) is 0 Å². The Bertz CT molecular complexity index is 418. The van der Waals surface area contributed by atoms with E-state index < -0.39 is 12.8 Å². The highest BCUT2D eigenvalue weighted by Crippen LogP contribution is 2.21. The van der Waals surface area contributed by atoms with Crippen molar-refractivity contribution < 1.29 is 17.9 Å². The molecule has 0 aromatic heterocycles. The fraction of sp³-hybridized carbons (Fsp3) is 0.600. The maximum Gasteiger partial charge on any atom is 0.411 e. The van der Waals surface area contributed by atoms with E-state index in [0.29, 0.717) is 0 Å². The lowest BCUT2D eigenvalue weighted by Gasteiger charge is -2.22. The van der Waals surface area contributed by atoms with Gasteiger partial charge >= 0.3 is 6.18 Å². The van der Waals surface area contributed by atoms with E-state index in [1.54, 1.807) is 0 Å². The van der Waals surface area contributed by atoms with Crippen LogP contribution in [-0.2, 0) is 4.74 Å². The SMILES string of the molecule is CCCNC(COCC(F)(F)F)c1cc(C)ccc1C. The Labute approximate surface area is 118 Å². The normalized spacial score (nSPS) is 13.5. The predicted octanol–water partition coefficient (Wildman–Crippen LogP) is 3.92. The molecule has 0 aliphatic heterocycles. The zero-order chi connectivity index (χ0) is 15.2. The Kier molecular flexibility index (Phi) is 6.49. The molecular formula is C15H22F3NO. The van der Waals surface area contributed by atoms with E-state index in [1.165, 1.54) is 0 Å². The zero-order valence-electron chi connectivity index (χ0n) is 12.2. The van der Waals surface area contributed by atoms with Gasteiger partial charge in [-0.1, -0.05) is 30.7 Å². The molecule has 1 aromatic carbocycles. The molecule has 0 saturated heterocycles. The van der Waals surface area contributed by atoms with Crippen LogP contribution in [-0.4, -0.2) is 25.9 Å². The third-order valence-corrected chi connectivity index (χ3v) is 3.00. The van der Waals surface area contributed by atoms with Crippen molar-refractivity contribution >= 4 is 0 Å². The second kappa shape index (κ2) is 7.64. The fourth-order valence-electron chi connectivity index (χ4n) is 2.01. The van der Waals surface area contributed by atoms with Gasteiger partial charge in [-0.05, 0) is 37.9 Å². The molecule has 1 unspecified atom stereocenters. The molecule has 0 bridgehead atoms. The number of benzene rings is 1. The molecule has 0 saturated carbocycles. The quantitative estimate of drug-likeness (QED) is 0.821. The first kappa shape index (κ1) is 17.0. The third-order valence-electron chi connectivity index (χ3n) is 3.00. The molecule has 1 N–H and O–H groups in total. The Hall–Kier alpha value is -1.07. The average Bonchev–Trinajstić information content (AvgIpc) is 2.35. The van der Waals surface area contributed by atoms with E-state index in [4.69, 9.17) is 4.74 Å². The predicted molar refractivity (Wildman–Crippen MR) is 73.8 cm³/mol. The summed E-state index contributed by atoms with van der Waals surface area (Å²) in [5.74, 6) is 0. The van der Waals surface area contributed by atoms with Crippen molar-refractivity contribution in [3.8, 4) is 0 Å². The van der Waals surface area contributed by atoms with Gasteiger partial charge in [-0.2, -0.15) is 13.2 Å². The highest BCUT2D eigenvalue weighted by molar-refractivity contribution is 5.33. The van der Waals surface area contributed by atoms with Gasteiger partial charge in [0.2, 0.25) is 0 Å². The summed E-state index contributed by atoms with van der Waals surface area (Å²) < 4.78 is 41.3. The topological polar surface area (TPSA) is 21.3 Å². The molecule has 5 heteroatoms. The highest BCUT2D eigenvalue weighted by Gasteiger charge is 2.28. The highest BCUT2D eigenvalue weighted by atomic mass is 19.4. The number of hydrogen-bond donors (Lipinski definition) is 1. The number of aryl methyl sites for hydroxylation is 2. The molecule has 0 aliphatic rings. The molecule has 0 aliphatic carbocycles. The zero-order valence-corrected chi connectivity index (χ0v) is 12.2. The molecule has 1 rings (SSSR count). The van der Waals surface area contributed by atoms with Gasteiger partial charge in [0.25, 0.3) is 0 Å². The van der Waals surface area contributed by atoms with Crippen molar-refractivity contribution in [2.75, 3.05) is 19.8 Å². The molecule has 2 nitrogen and oxygen atoms in total. The summed E-state index contributed by atoms with van der Waals surface area (Å²) in [7, 11) is 0. The summed E-state index contributed by atoms with van der Waals surface area (Å²) >= 11 is 0. The van der Waals surface area contributed by atoms with E-state index in [-0.39, 0.29) is 12.6 Å². The summed E-state index contributed by atoms with van der Waals surface area (Å²) in [5.41, 5.74) is 3.14. The van der Waals surface area contributed by atoms with Gasteiger partial charge in [0, 0.05) is 0 Å². The number of hydrogen-bond acceptors (Lipinski definition) is 2. The summed E-state index contributed by atoms with van der Waals surface area (Å²) in [6.07, 6.45) is -3.36. The van der Waals surface area contributed by atoms with Crippen molar-refractivity contribution in [3.05, 3.63) is 34.9 Å². The number of ether oxygens (including phenoxy) is 1. The lowest BCUT2D eigenvalue weighted by molar-refractivity contribution is -0.175. The monoisotopic (exact) mass is 289 g/mol. The van der Waals surface area contributed by atoms with E-state index >= 15 is 0 Å². The number of alkyl halides is 3. The van der Waals surface area contributed by atoms with Crippen LogP contribution in [0.1, 0.15) is 36.1 Å². The van der Waals surface area contributed by atoms with Gasteiger partial charge in [-0.25, -0.2) is 0 Å². The standard InChI is InChI=1S/C15H22F3NO/c1-4-7-19-14(9-20-10-15(16,17)18)13-8-11(2)5-6-12(13)3/h5-6,8,14,19H,4,7,9-10H2,1-3H3. The molecule has 114 valence electrons. The first-order valence-electron chi connectivity index (χ1n) is 6.78. The molecule has 1 atom stereocenters. The lowest BCUT2D eigenvalue weighted by Crippen LogP contribution is -2.29. The Morgan fingerprint density at radius 2 is 1.95 bits per heavy atom. The summed E-state index contributed by atoms with van der Waals surface area (Å²) in [6, 6.07) is 5.76. The molecule has 0 radical (unpaired) electrons. The van der Waals surface area contributed by atoms with Crippen molar-refractivity contribution in [2.45, 2.75) is 39.4 Å². The molecular weight excluding hydrogens is 267 g/mol. The van der Waals surface area contributed by atoms with Crippen LogP contribution in [0.15, 0.2) is 18.2 Å². The van der Waals surface area contributed by atoms with Crippen molar-refractivity contribution in [1.82, 2.24) is 5.32 Å². The second-order valence-electron chi connectivity index (χ2n) is 5.00. The van der Waals surface area contributed by atoms with Crippen molar-refractivity contribution in [2.24, 2.45) is 0 Å². The number of halogens is 3. The minimum atomic E-state index is -4.28. The van der Waals surface area contributed by atoms with Crippen molar-refractivity contribution in [1.29, 1.82) is 0 Å². The molecule has 0 heterocycles. The average molecular weight is 289 g/mol. The van der Waals surface area contributed by atoms with Gasteiger partial charge in [0.15, 0.2) is 0 Å². The summed E-state index contributed by atoms with van der Waals surface area (Å²) in [4.78, 5) is 0. The molecule has 0 spiro atoms. The van der Waals surface area contributed by atoms with Crippen LogP contribution in [0.3, 0.4) is 0 Å². The minimum absolute atomic E-state index is 0.0177. The smallest absolute Gasteiger partial charge is 0.370 e. The maximum atomic E-state index is 12.2. The second-order valence-corrected chi connectivity index (χ2v) is 5.00. The summed E-state index contributed by atoms with van der Waals surface area (Å²) in [5, 5.41) is 3.25. The van der Waals surface area contributed by atoms with Crippen LogP contribution in [0.4, 0.5) is 13.2 Å². The molecule has 1 aromatic rings. The van der Waals surface area contributed by atoms with Crippen LogP contribution < -0.4 is 5.32 Å². The summed E-state index contributed by atoms with van der Waals surface area (Å²) in [6.45, 7) is 5.50. The lowest BCUT2D eigenvalue weighted by atomic mass is 9.99. The van der Waals surface area contributed by atoms with Crippen LogP contribution in [0.2, 0.25) is 0 Å². The molecule has 0 amide bonds. The fourth-order valence-corrected chi connectivity index (χ4v) is 2.01. The Morgan fingerprint density at radius 1 is 1.25 bits per heavy atom. The van der Waals surface area contributed by atoms with E-state index in [0.717, 1.165) is 29.7 Å². The van der Waals surface area contributed by atoms with Gasteiger partial charge in [-0.15, -0.1) is 0 Å². The largest absolute Gasteiger partial charge is 0.411 e. The first-order chi connectivity index (χ1) is 9.33. The molecule has 0 fully saturated rings. The first-order valence-corrected chi connectivity index (χ1v) is 6.78. The van der Waals surface area contributed by atoms with E-state index in [1.807, 2.05) is 39.0 Å². The maximum absolute atomic E-state index is 12.2. The van der Waals surface area contributed by atoms with Crippen molar-refractivity contribution in [3.63, 3.8) is 0 Å². The third kappa shape index (κ3) is 5.92. The Morgan fingerprint density at radius 3 is 2.55 bits per heavy atom. The van der Waals surface area contributed by atoms with Gasteiger partial charge in [0.1, 0.15) is 6.61 Å². The van der Waals surface area contributed by atoms with E-state index in [2.05, 4.69) is 5.32 Å². The van der Waals surface area contributed by atoms with Crippen LogP contribution in [0.5, 0.6) is 0 Å². The Balaban J connectivity index is 2.75. The van der Waals surface area contributed by atoms with Crippen LogP contribution in [0.25, 0.3) is 0 Å². The van der Waals surface area contributed by atoms with Gasteiger partial charge < -0.3 is 10.1 Å². The van der Waals surface area contributed by atoms with E-state index in [9.17, 15) is 13.2 Å². The van der Waals surface area contributed by atoms with Crippen LogP contribution in [0, 0.1) is 13.8 Å². The molecule has 20 heavy (non-hydrogen) atoms.